The molecule has 3 aliphatic rings. The van der Waals surface area contributed by atoms with Gasteiger partial charge in [0.15, 0.2) is 0 Å². The van der Waals surface area contributed by atoms with Crippen molar-refractivity contribution >= 4 is 18.3 Å². The summed E-state index contributed by atoms with van der Waals surface area (Å²) < 4.78 is 0. The van der Waals surface area contributed by atoms with Crippen LogP contribution in [0.5, 0.6) is 0 Å². The molecule has 2 aliphatic carbocycles. The molecule has 0 aromatic heterocycles. The molecule has 0 spiro atoms. The van der Waals surface area contributed by atoms with E-state index in [1.54, 1.807) is 0 Å². The third kappa shape index (κ3) is 2.92. The maximum Gasteiger partial charge on any atom is 0.239 e. The molecule has 1 saturated heterocycles. The van der Waals surface area contributed by atoms with E-state index in [1.807, 2.05) is 6.92 Å². The van der Waals surface area contributed by atoms with Crippen LogP contribution in [0.15, 0.2) is 0 Å². The summed E-state index contributed by atoms with van der Waals surface area (Å²) in [6.07, 6.45) is 9.44. The summed E-state index contributed by atoms with van der Waals surface area (Å²) in [5, 5.41) is 0. The van der Waals surface area contributed by atoms with Crippen molar-refractivity contribution in [3.8, 4) is 0 Å². The SMILES string of the molecule is C[C@H](N)C(=O)N1CCCC1CC1CC2CCC1C2.Cl. The Hall–Kier alpha value is -0.280. The van der Waals surface area contributed by atoms with Crippen molar-refractivity contribution in [1.82, 2.24) is 4.90 Å². The van der Waals surface area contributed by atoms with E-state index in [1.165, 1.54) is 44.9 Å². The number of amides is 1. The lowest BCUT2D eigenvalue weighted by Gasteiger charge is -2.31. The molecule has 3 fully saturated rings. The summed E-state index contributed by atoms with van der Waals surface area (Å²) in [5.41, 5.74) is 5.76. The molecule has 5 atom stereocenters. The van der Waals surface area contributed by atoms with Crippen molar-refractivity contribution in [2.24, 2.45) is 23.5 Å². The third-order valence-corrected chi connectivity index (χ3v) is 5.51. The van der Waals surface area contributed by atoms with Gasteiger partial charge >= 0.3 is 0 Å². The Kier molecular flexibility index (Phi) is 4.78. The highest BCUT2D eigenvalue weighted by atomic mass is 35.5. The molecule has 2 bridgehead atoms. The lowest BCUT2D eigenvalue weighted by molar-refractivity contribution is -0.133. The minimum absolute atomic E-state index is 0. The van der Waals surface area contributed by atoms with Crippen LogP contribution < -0.4 is 5.73 Å². The fourth-order valence-corrected chi connectivity index (χ4v) is 4.65. The number of nitrogens with zero attached hydrogens (tertiary/aromatic N) is 1. The Morgan fingerprint density at radius 3 is 2.68 bits per heavy atom. The summed E-state index contributed by atoms with van der Waals surface area (Å²) in [5.74, 6) is 3.05. The number of hydrogen-bond donors (Lipinski definition) is 1. The summed E-state index contributed by atoms with van der Waals surface area (Å²) in [6, 6.07) is 0.165. The Morgan fingerprint density at radius 2 is 2.11 bits per heavy atom. The molecule has 1 aliphatic heterocycles. The Balaban J connectivity index is 0.00000133. The lowest BCUT2D eigenvalue weighted by atomic mass is 9.83. The third-order valence-electron chi connectivity index (χ3n) is 5.51. The number of nitrogens with two attached hydrogens (primary N) is 1. The number of carbonyl (C=O) groups excluding carboxylic acids is 1. The van der Waals surface area contributed by atoms with Crippen molar-refractivity contribution < 1.29 is 4.79 Å². The highest BCUT2D eigenvalue weighted by Gasteiger charge is 2.42. The molecule has 19 heavy (non-hydrogen) atoms. The second-order valence-electron chi connectivity index (χ2n) is 6.79. The van der Waals surface area contributed by atoms with Crippen LogP contribution in [-0.4, -0.2) is 29.4 Å². The fourth-order valence-electron chi connectivity index (χ4n) is 4.65. The maximum absolute atomic E-state index is 12.1. The molecule has 2 N–H and O–H groups in total. The number of hydrogen-bond acceptors (Lipinski definition) is 2. The van der Waals surface area contributed by atoms with Gasteiger partial charge in [-0.3, -0.25) is 4.79 Å². The van der Waals surface area contributed by atoms with Gasteiger partial charge in [-0.25, -0.2) is 0 Å². The quantitative estimate of drug-likeness (QED) is 0.867. The summed E-state index contributed by atoms with van der Waals surface area (Å²) >= 11 is 0. The van der Waals surface area contributed by atoms with Gasteiger partial charge in [0, 0.05) is 12.6 Å². The summed E-state index contributed by atoms with van der Waals surface area (Å²) in [7, 11) is 0. The number of rotatable bonds is 3. The number of fused-ring (bicyclic) bond motifs is 2. The highest BCUT2D eigenvalue weighted by Crippen LogP contribution is 2.50. The standard InChI is InChI=1S/C15H26N2O.ClH/c1-10(16)15(18)17-6-2-3-14(17)9-13-8-11-4-5-12(13)7-11;/h10-14H,2-9,16H2,1H3;1H/t10-,11?,12?,13?,14?;/m0./s1. The van der Waals surface area contributed by atoms with Gasteiger partial charge in [0.2, 0.25) is 5.91 Å². The lowest BCUT2D eigenvalue weighted by Crippen LogP contribution is -2.45. The summed E-state index contributed by atoms with van der Waals surface area (Å²) in [4.78, 5) is 14.2. The van der Waals surface area contributed by atoms with E-state index in [0.29, 0.717) is 6.04 Å². The average molecular weight is 287 g/mol. The smallest absolute Gasteiger partial charge is 0.239 e. The first-order chi connectivity index (χ1) is 8.65. The Labute approximate surface area is 122 Å². The zero-order chi connectivity index (χ0) is 12.7. The van der Waals surface area contributed by atoms with E-state index >= 15 is 0 Å². The number of carbonyl (C=O) groups is 1. The zero-order valence-electron chi connectivity index (χ0n) is 11.9. The van der Waals surface area contributed by atoms with Crippen LogP contribution in [0.25, 0.3) is 0 Å². The van der Waals surface area contributed by atoms with Crippen LogP contribution in [0.2, 0.25) is 0 Å². The number of halogens is 1. The second kappa shape index (κ2) is 6.01. The van der Waals surface area contributed by atoms with Crippen LogP contribution in [-0.2, 0) is 4.79 Å². The zero-order valence-corrected chi connectivity index (χ0v) is 12.7. The van der Waals surface area contributed by atoms with Crippen molar-refractivity contribution in [2.45, 2.75) is 64.0 Å². The highest BCUT2D eigenvalue weighted by molar-refractivity contribution is 5.85. The van der Waals surface area contributed by atoms with Gasteiger partial charge in [-0.2, -0.15) is 0 Å². The van der Waals surface area contributed by atoms with Gasteiger partial charge in [-0.15, -0.1) is 12.4 Å². The second-order valence-corrected chi connectivity index (χ2v) is 6.79. The summed E-state index contributed by atoms with van der Waals surface area (Å²) in [6.45, 7) is 2.75. The molecule has 3 rings (SSSR count). The van der Waals surface area contributed by atoms with E-state index in [0.717, 1.165) is 24.3 Å². The Bertz CT molecular complexity index is 334. The minimum Gasteiger partial charge on any atom is -0.338 e. The van der Waals surface area contributed by atoms with Crippen LogP contribution in [0.4, 0.5) is 0 Å². The van der Waals surface area contributed by atoms with Gasteiger partial charge < -0.3 is 10.6 Å². The molecule has 3 nitrogen and oxygen atoms in total. The molecule has 0 aromatic rings. The maximum atomic E-state index is 12.1. The van der Waals surface area contributed by atoms with Crippen molar-refractivity contribution in [3.63, 3.8) is 0 Å². The first-order valence-electron chi connectivity index (χ1n) is 7.71. The van der Waals surface area contributed by atoms with E-state index in [2.05, 4.69) is 4.90 Å². The molecule has 4 heteroatoms. The molecule has 4 unspecified atom stereocenters. The van der Waals surface area contributed by atoms with Crippen LogP contribution in [0.1, 0.15) is 51.9 Å². The predicted octanol–water partition coefficient (Wildman–Crippen LogP) is 2.57. The van der Waals surface area contributed by atoms with Gasteiger partial charge in [-0.05, 0) is 63.2 Å². The van der Waals surface area contributed by atoms with E-state index in [-0.39, 0.29) is 24.4 Å². The first kappa shape index (κ1) is 15.1. The van der Waals surface area contributed by atoms with E-state index in [9.17, 15) is 4.79 Å². The number of likely N-dealkylation sites (tertiary alicyclic amines) is 1. The predicted molar refractivity (Wildman–Crippen MR) is 79.2 cm³/mol. The van der Waals surface area contributed by atoms with Crippen molar-refractivity contribution in [3.05, 3.63) is 0 Å². The normalized spacial score (nSPS) is 38.3. The van der Waals surface area contributed by atoms with Crippen molar-refractivity contribution in [2.75, 3.05) is 6.54 Å². The van der Waals surface area contributed by atoms with Crippen molar-refractivity contribution in [1.29, 1.82) is 0 Å². The topological polar surface area (TPSA) is 46.3 Å². The molecular weight excluding hydrogens is 260 g/mol. The van der Waals surface area contributed by atoms with Crippen LogP contribution in [0, 0.1) is 17.8 Å². The van der Waals surface area contributed by atoms with E-state index < -0.39 is 0 Å². The van der Waals surface area contributed by atoms with Gasteiger partial charge in [0.05, 0.1) is 6.04 Å². The molecule has 1 heterocycles. The molecule has 0 aromatic carbocycles. The largest absolute Gasteiger partial charge is 0.338 e. The monoisotopic (exact) mass is 286 g/mol. The van der Waals surface area contributed by atoms with Gasteiger partial charge in [0.25, 0.3) is 0 Å². The molecule has 1 amide bonds. The van der Waals surface area contributed by atoms with Crippen LogP contribution in [0.3, 0.4) is 0 Å². The van der Waals surface area contributed by atoms with Crippen LogP contribution >= 0.6 is 12.4 Å². The molecular formula is C15H27ClN2O. The minimum atomic E-state index is -0.328. The average Bonchev–Trinajstić information content (AvgIpc) is 3.03. The van der Waals surface area contributed by atoms with E-state index in [4.69, 9.17) is 5.73 Å². The molecule has 0 radical (unpaired) electrons. The Morgan fingerprint density at radius 1 is 1.32 bits per heavy atom. The van der Waals surface area contributed by atoms with Gasteiger partial charge in [-0.1, -0.05) is 6.42 Å². The van der Waals surface area contributed by atoms with Gasteiger partial charge in [0.1, 0.15) is 0 Å². The first-order valence-corrected chi connectivity index (χ1v) is 7.71. The fraction of sp³-hybridized carbons (Fsp3) is 0.933. The molecule has 110 valence electrons. The molecule has 2 saturated carbocycles.